The molecule has 3 aliphatic carbocycles. The maximum Gasteiger partial charge on any atom is 0.233 e. The first-order chi connectivity index (χ1) is 7.91. The summed E-state index contributed by atoms with van der Waals surface area (Å²) in [6.07, 6.45) is 4.17. The van der Waals surface area contributed by atoms with Gasteiger partial charge in [0.2, 0.25) is 9.05 Å². The van der Waals surface area contributed by atoms with Gasteiger partial charge < -0.3 is 0 Å². The number of halogens is 1. The van der Waals surface area contributed by atoms with Gasteiger partial charge in [-0.3, -0.25) is 0 Å². The zero-order valence-corrected chi connectivity index (χ0v) is 11.1. The lowest BCUT2D eigenvalue weighted by atomic mass is 9.34. The Bertz CT molecular complexity index is 516. The Kier molecular flexibility index (Phi) is 2.37. The lowest BCUT2D eigenvalue weighted by Crippen LogP contribution is -2.64. The highest BCUT2D eigenvalue weighted by Crippen LogP contribution is 2.74. The fourth-order valence-electron chi connectivity index (χ4n) is 3.97. The summed E-state index contributed by atoms with van der Waals surface area (Å²) in [6.45, 7) is 0. The maximum atomic E-state index is 11.1. The van der Waals surface area contributed by atoms with E-state index in [-0.39, 0.29) is 11.2 Å². The molecule has 1 aromatic carbocycles. The van der Waals surface area contributed by atoms with Crippen molar-refractivity contribution >= 4 is 19.7 Å². The molecule has 1 aromatic rings. The van der Waals surface area contributed by atoms with Gasteiger partial charge in [-0.2, -0.15) is 0 Å². The van der Waals surface area contributed by atoms with Crippen molar-refractivity contribution in [2.45, 2.75) is 25.7 Å². The fraction of sp³-hybridized carbons (Fsp3) is 0.538. The minimum atomic E-state index is -3.33. The van der Waals surface area contributed by atoms with Crippen LogP contribution in [0.4, 0.5) is 0 Å². The molecule has 0 amide bonds. The summed E-state index contributed by atoms with van der Waals surface area (Å²) in [5.41, 5.74) is 1.76. The molecular formula is C13H15ClO2S. The summed E-state index contributed by atoms with van der Waals surface area (Å²) in [6, 6.07) is 10.4. The van der Waals surface area contributed by atoms with E-state index < -0.39 is 9.05 Å². The van der Waals surface area contributed by atoms with Gasteiger partial charge in [0, 0.05) is 10.7 Å². The van der Waals surface area contributed by atoms with Crippen molar-refractivity contribution in [2.24, 2.45) is 10.8 Å². The summed E-state index contributed by atoms with van der Waals surface area (Å²) < 4.78 is 22.2. The Morgan fingerprint density at radius 1 is 1.06 bits per heavy atom. The van der Waals surface area contributed by atoms with E-state index in [0.717, 1.165) is 25.7 Å². The minimum absolute atomic E-state index is 0.0232. The van der Waals surface area contributed by atoms with E-state index in [1.54, 1.807) is 0 Å². The molecule has 3 aliphatic rings. The highest BCUT2D eigenvalue weighted by atomic mass is 35.7. The number of hydrogen-bond donors (Lipinski definition) is 0. The van der Waals surface area contributed by atoms with Crippen LogP contribution < -0.4 is 0 Å². The number of benzene rings is 1. The van der Waals surface area contributed by atoms with Gasteiger partial charge in [-0.1, -0.05) is 30.3 Å². The second kappa shape index (κ2) is 3.48. The van der Waals surface area contributed by atoms with Crippen molar-refractivity contribution in [1.29, 1.82) is 0 Å². The topological polar surface area (TPSA) is 34.1 Å². The van der Waals surface area contributed by atoms with Crippen molar-refractivity contribution < 1.29 is 8.42 Å². The van der Waals surface area contributed by atoms with Gasteiger partial charge in [-0.15, -0.1) is 0 Å². The van der Waals surface area contributed by atoms with E-state index in [4.69, 9.17) is 10.7 Å². The quantitative estimate of drug-likeness (QED) is 0.789. The van der Waals surface area contributed by atoms with E-state index in [1.165, 1.54) is 5.56 Å². The summed E-state index contributed by atoms with van der Waals surface area (Å²) >= 11 is 0. The Morgan fingerprint density at radius 3 is 2.18 bits per heavy atom. The predicted molar refractivity (Wildman–Crippen MR) is 68.5 cm³/mol. The van der Waals surface area contributed by atoms with Crippen LogP contribution >= 0.6 is 10.7 Å². The monoisotopic (exact) mass is 270 g/mol. The van der Waals surface area contributed by atoms with Crippen molar-refractivity contribution in [1.82, 2.24) is 0 Å². The van der Waals surface area contributed by atoms with Crippen LogP contribution in [0, 0.1) is 10.8 Å². The average Bonchev–Trinajstić information content (AvgIpc) is 2.12. The summed E-state index contributed by atoms with van der Waals surface area (Å²) in [4.78, 5) is 0. The summed E-state index contributed by atoms with van der Waals surface area (Å²) in [7, 11) is 2.00. The first kappa shape index (κ1) is 11.5. The molecule has 0 heterocycles. The number of hydrogen-bond acceptors (Lipinski definition) is 2. The van der Waals surface area contributed by atoms with Crippen molar-refractivity contribution in [3.63, 3.8) is 0 Å². The Hall–Kier alpha value is -0.540. The largest absolute Gasteiger partial charge is 0.233 e. The highest BCUT2D eigenvalue weighted by Gasteiger charge is 2.67. The van der Waals surface area contributed by atoms with Gasteiger partial charge in [0.25, 0.3) is 0 Å². The third-order valence-electron chi connectivity index (χ3n) is 4.15. The van der Waals surface area contributed by atoms with Gasteiger partial charge in [0.05, 0.1) is 5.75 Å². The standard InChI is InChI=1S/C13H15ClO2S/c14-17(15,16)10-13-7-12(8-13,9-13)6-11-4-2-1-3-5-11/h1-5H,6-10H2. The molecular weight excluding hydrogens is 256 g/mol. The van der Waals surface area contributed by atoms with E-state index in [9.17, 15) is 8.42 Å². The minimum Gasteiger partial charge on any atom is -0.212 e. The lowest BCUT2D eigenvalue weighted by molar-refractivity contribution is -0.186. The smallest absolute Gasteiger partial charge is 0.212 e. The first-order valence-corrected chi connectivity index (χ1v) is 8.35. The molecule has 0 N–H and O–H groups in total. The first-order valence-electron chi connectivity index (χ1n) is 5.87. The highest BCUT2D eigenvalue weighted by molar-refractivity contribution is 8.13. The Balaban J connectivity index is 1.62. The second-order valence-electron chi connectivity index (χ2n) is 5.88. The summed E-state index contributed by atoms with van der Waals surface area (Å²) in [5.74, 6) is 0.165. The van der Waals surface area contributed by atoms with E-state index in [2.05, 4.69) is 24.3 Å². The second-order valence-corrected chi connectivity index (χ2v) is 8.65. The zero-order valence-electron chi connectivity index (χ0n) is 9.52. The zero-order chi connectivity index (χ0) is 12.1. The van der Waals surface area contributed by atoms with Crippen molar-refractivity contribution in [3.8, 4) is 0 Å². The van der Waals surface area contributed by atoms with E-state index in [0.29, 0.717) is 5.41 Å². The van der Waals surface area contributed by atoms with Gasteiger partial charge in [-0.05, 0) is 42.1 Å². The van der Waals surface area contributed by atoms with Gasteiger partial charge >= 0.3 is 0 Å². The van der Waals surface area contributed by atoms with Crippen LogP contribution in [0.15, 0.2) is 30.3 Å². The lowest BCUT2D eigenvalue weighted by Gasteiger charge is -2.71. The molecule has 92 valence electrons. The number of rotatable bonds is 4. The van der Waals surface area contributed by atoms with Crippen LogP contribution in [-0.4, -0.2) is 14.2 Å². The molecule has 2 bridgehead atoms. The molecule has 0 spiro atoms. The van der Waals surface area contributed by atoms with Gasteiger partial charge in [0.1, 0.15) is 0 Å². The molecule has 4 heteroatoms. The third-order valence-corrected chi connectivity index (χ3v) is 5.44. The van der Waals surface area contributed by atoms with Crippen LogP contribution in [0.1, 0.15) is 24.8 Å². The van der Waals surface area contributed by atoms with Crippen LogP contribution in [0.5, 0.6) is 0 Å². The Morgan fingerprint density at radius 2 is 1.65 bits per heavy atom. The summed E-state index contributed by atoms with van der Waals surface area (Å²) in [5, 5.41) is 0. The molecule has 0 unspecified atom stereocenters. The van der Waals surface area contributed by atoms with Crippen LogP contribution in [0.3, 0.4) is 0 Å². The predicted octanol–water partition coefficient (Wildman–Crippen LogP) is 2.97. The molecule has 0 radical (unpaired) electrons. The van der Waals surface area contributed by atoms with Crippen LogP contribution in [-0.2, 0) is 15.5 Å². The van der Waals surface area contributed by atoms with E-state index in [1.807, 2.05) is 6.07 Å². The molecule has 3 saturated carbocycles. The molecule has 0 atom stereocenters. The van der Waals surface area contributed by atoms with Crippen molar-refractivity contribution in [2.75, 3.05) is 5.75 Å². The maximum absolute atomic E-state index is 11.1. The molecule has 2 nitrogen and oxygen atoms in total. The van der Waals surface area contributed by atoms with Crippen LogP contribution in [0.2, 0.25) is 0 Å². The average molecular weight is 271 g/mol. The van der Waals surface area contributed by atoms with Crippen LogP contribution in [0.25, 0.3) is 0 Å². The molecule has 0 saturated heterocycles. The third kappa shape index (κ3) is 2.11. The normalized spacial score (nSPS) is 34.9. The van der Waals surface area contributed by atoms with E-state index >= 15 is 0 Å². The molecule has 4 rings (SSSR count). The molecule has 0 aromatic heterocycles. The van der Waals surface area contributed by atoms with Crippen molar-refractivity contribution in [3.05, 3.63) is 35.9 Å². The van der Waals surface area contributed by atoms with Gasteiger partial charge in [0.15, 0.2) is 0 Å². The Labute approximate surface area is 106 Å². The molecule has 17 heavy (non-hydrogen) atoms. The molecule has 3 fully saturated rings. The fourth-order valence-corrected chi connectivity index (χ4v) is 5.70. The van der Waals surface area contributed by atoms with Gasteiger partial charge in [-0.25, -0.2) is 8.42 Å². The molecule has 0 aliphatic heterocycles. The SMILES string of the molecule is O=S(=O)(Cl)CC12CC(Cc3ccccc3)(C1)C2.